The molecule has 0 aromatic rings. The summed E-state index contributed by atoms with van der Waals surface area (Å²) in [7, 11) is 0. The number of amides is 2. The van der Waals surface area contributed by atoms with Gasteiger partial charge in [-0.05, 0) is 11.3 Å². The van der Waals surface area contributed by atoms with Crippen molar-refractivity contribution >= 4 is 12.0 Å². The molecule has 3 N–H and O–H groups in total. The predicted octanol–water partition coefficient (Wildman–Crippen LogP) is 0.898. The van der Waals surface area contributed by atoms with Crippen molar-refractivity contribution in [1.29, 1.82) is 0 Å². The van der Waals surface area contributed by atoms with Gasteiger partial charge in [-0.25, -0.2) is 9.59 Å². The molecule has 1 unspecified atom stereocenters. The van der Waals surface area contributed by atoms with Crippen molar-refractivity contribution in [3.05, 3.63) is 0 Å². The van der Waals surface area contributed by atoms with Crippen LogP contribution in [0.25, 0.3) is 0 Å². The Labute approximate surface area is 113 Å². The van der Waals surface area contributed by atoms with Crippen LogP contribution in [0.1, 0.15) is 34.1 Å². The molecule has 0 aromatic heterocycles. The SMILES string of the molecule is CC(CNC(=O)N1C[C@H](O)C[C@H]1C(=O)O)C(C)(C)C. The molecule has 1 heterocycles. The van der Waals surface area contributed by atoms with Gasteiger partial charge in [0.05, 0.1) is 6.10 Å². The molecule has 1 rings (SSSR count). The number of β-amino-alcohol motifs (C(OH)–C–C–N with tert-alkyl or cyclic N) is 1. The van der Waals surface area contributed by atoms with Crippen LogP contribution < -0.4 is 5.32 Å². The van der Waals surface area contributed by atoms with Crippen molar-refractivity contribution in [3.63, 3.8) is 0 Å². The summed E-state index contributed by atoms with van der Waals surface area (Å²) in [4.78, 5) is 24.2. The second-order valence-corrected chi connectivity index (χ2v) is 6.35. The molecule has 2 amide bonds. The number of carboxylic acid groups (broad SMARTS) is 1. The normalized spacial score (nSPS) is 25.2. The van der Waals surface area contributed by atoms with Gasteiger partial charge in [0.1, 0.15) is 6.04 Å². The fourth-order valence-electron chi connectivity index (χ4n) is 1.92. The monoisotopic (exact) mass is 272 g/mol. The van der Waals surface area contributed by atoms with E-state index in [1.807, 2.05) is 6.92 Å². The number of carbonyl (C=O) groups excluding carboxylic acids is 1. The van der Waals surface area contributed by atoms with E-state index >= 15 is 0 Å². The average molecular weight is 272 g/mol. The van der Waals surface area contributed by atoms with Crippen LogP contribution in [0.2, 0.25) is 0 Å². The molecule has 0 radical (unpaired) electrons. The van der Waals surface area contributed by atoms with E-state index in [0.717, 1.165) is 0 Å². The molecule has 6 heteroatoms. The molecule has 3 atom stereocenters. The topological polar surface area (TPSA) is 89.9 Å². The van der Waals surface area contributed by atoms with E-state index in [-0.39, 0.29) is 24.3 Å². The number of urea groups is 1. The zero-order valence-electron chi connectivity index (χ0n) is 12.0. The lowest BCUT2D eigenvalue weighted by molar-refractivity contribution is -0.141. The van der Waals surface area contributed by atoms with Gasteiger partial charge >= 0.3 is 12.0 Å². The Morgan fingerprint density at radius 2 is 2.00 bits per heavy atom. The summed E-state index contributed by atoms with van der Waals surface area (Å²) < 4.78 is 0. The van der Waals surface area contributed by atoms with E-state index in [1.165, 1.54) is 4.90 Å². The summed E-state index contributed by atoms with van der Waals surface area (Å²) in [5, 5.41) is 21.3. The average Bonchev–Trinajstić information content (AvgIpc) is 2.66. The van der Waals surface area contributed by atoms with Gasteiger partial charge in [0, 0.05) is 19.5 Å². The van der Waals surface area contributed by atoms with Gasteiger partial charge in [-0.2, -0.15) is 0 Å². The molecule has 0 aromatic carbocycles. The first kappa shape index (κ1) is 15.8. The van der Waals surface area contributed by atoms with E-state index < -0.39 is 24.1 Å². The highest BCUT2D eigenvalue weighted by molar-refractivity contribution is 5.83. The quantitative estimate of drug-likeness (QED) is 0.712. The van der Waals surface area contributed by atoms with Crippen LogP contribution in [0, 0.1) is 11.3 Å². The smallest absolute Gasteiger partial charge is 0.326 e. The minimum atomic E-state index is -1.07. The number of hydrogen-bond acceptors (Lipinski definition) is 3. The Bertz CT molecular complexity index is 351. The van der Waals surface area contributed by atoms with Crippen LogP contribution in [0.4, 0.5) is 4.79 Å². The molecule has 1 fully saturated rings. The molecule has 19 heavy (non-hydrogen) atoms. The summed E-state index contributed by atoms with van der Waals surface area (Å²) in [5.41, 5.74) is 0.0734. The minimum Gasteiger partial charge on any atom is -0.480 e. The lowest BCUT2D eigenvalue weighted by atomic mass is 9.82. The molecule has 0 aliphatic carbocycles. The molecular formula is C13H24N2O4. The number of carboxylic acids is 1. The third kappa shape index (κ3) is 4.09. The molecule has 1 aliphatic rings. The Kier molecular flexibility index (Phi) is 4.79. The van der Waals surface area contributed by atoms with Gasteiger partial charge in [-0.3, -0.25) is 0 Å². The molecule has 110 valence electrons. The maximum absolute atomic E-state index is 12.0. The Morgan fingerprint density at radius 1 is 1.42 bits per heavy atom. The van der Waals surface area contributed by atoms with Crippen molar-refractivity contribution in [2.45, 2.75) is 46.3 Å². The highest BCUT2D eigenvalue weighted by Crippen LogP contribution is 2.24. The first-order valence-electron chi connectivity index (χ1n) is 6.58. The number of aliphatic hydroxyl groups excluding tert-OH is 1. The zero-order chi connectivity index (χ0) is 14.8. The number of nitrogens with zero attached hydrogens (tertiary/aromatic N) is 1. The first-order chi connectivity index (χ1) is 8.62. The van der Waals surface area contributed by atoms with Gasteiger partial charge in [0.25, 0.3) is 0 Å². The fraction of sp³-hybridized carbons (Fsp3) is 0.846. The number of aliphatic hydroxyl groups is 1. The number of nitrogens with one attached hydrogen (secondary N) is 1. The van der Waals surface area contributed by atoms with Gasteiger partial charge in [-0.1, -0.05) is 27.7 Å². The van der Waals surface area contributed by atoms with E-state index in [1.54, 1.807) is 0 Å². The number of aliphatic carboxylic acids is 1. The fourth-order valence-corrected chi connectivity index (χ4v) is 1.92. The van der Waals surface area contributed by atoms with Gasteiger partial charge in [-0.15, -0.1) is 0 Å². The molecule has 1 aliphatic heterocycles. The maximum Gasteiger partial charge on any atom is 0.326 e. The van der Waals surface area contributed by atoms with Gasteiger partial charge < -0.3 is 20.4 Å². The largest absolute Gasteiger partial charge is 0.480 e. The summed E-state index contributed by atoms with van der Waals surface area (Å²) in [5.74, 6) is -0.803. The highest BCUT2D eigenvalue weighted by Gasteiger charge is 2.39. The summed E-state index contributed by atoms with van der Waals surface area (Å²) in [6.45, 7) is 8.86. The Hall–Kier alpha value is -1.30. The lowest BCUT2D eigenvalue weighted by Gasteiger charge is -2.29. The first-order valence-corrected chi connectivity index (χ1v) is 6.58. The number of hydrogen-bond donors (Lipinski definition) is 3. The van der Waals surface area contributed by atoms with Crippen molar-refractivity contribution < 1.29 is 19.8 Å². The lowest BCUT2D eigenvalue weighted by Crippen LogP contribution is -2.47. The third-order valence-corrected chi connectivity index (χ3v) is 3.86. The van der Waals surface area contributed by atoms with Crippen LogP contribution in [-0.4, -0.2) is 52.3 Å². The van der Waals surface area contributed by atoms with E-state index in [0.29, 0.717) is 6.54 Å². The van der Waals surface area contributed by atoms with Gasteiger partial charge in [0.2, 0.25) is 0 Å². The third-order valence-electron chi connectivity index (χ3n) is 3.86. The minimum absolute atomic E-state index is 0.0734. The summed E-state index contributed by atoms with van der Waals surface area (Å²) in [6.07, 6.45) is -0.663. The maximum atomic E-state index is 12.0. The van der Waals surface area contributed by atoms with E-state index in [4.69, 9.17) is 5.11 Å². The van der Waals surface area contributed by atoms with Crippen LogP contribution in [0.15, 0.2) is 0 Å². The van der Waals surface area contributed by atoms with E-state index in [9.17, 15) is 14.7 Å². The Balaban J connectivity index is 2.56. The summed E-state index contributed by atoms with van der Waals surface area (Å²) >= 11 is 0. The molecule has 0 spiro atoms. The second-order valence-electron chi connectivity index (χ2n) is 6.35. The molecule has 6 nitrogen and oxygen atoms in total. The van der Waals surface area contributed by atoms with E-state index in [2.05, 4.69) is 26.1 Å². The summed E-state index contributed by atoms with van der Waals surface area (Å²) in [6, 6.07) is -1.35. The van der Waals surface area contributed by atoms with Crippen LogP contribution in [0.5, 0.6) is 0 Å². The Morgan fingerprint density at radius 3 is 2.47 bits per heavy atom. The zero-order valence-corrected chi connectivity index (χ0v) is 12.0. The molecule has 0 bridgehead atoms. The standard InChI is InChI=1S/C13H24N2O4/c1-8(13(2,3)4)6-14-12(19)15-7-9(16)5-10(15)11(17)18/h8-10,16H,5-7H2,1-4H3,(H,14,19)(H,17,18)/t8?,9-,10+/m1/s1. The molecule has 1 saturated heterocycles. The molecular weight excluding hydrogens is 248 g/mol. The predicted molar refractivity (Wildman–Crippen MR) is 70.8 cm³/mol. The van der Waals surface area contributed by atoms with Crippen molar-refractivity contribution in [1.82, 2.24) is 10.2 Å². The van der Waals surface area contributed by atoms with Crippen LogP contribution in [0.3, 0.4) is 0 Å². The van der Waals surface area contributed by atoms with Gasteiger partial charge in [0.15, 0.2) is 0 Å². The number of likely N-dealkylation sites (tertiary alicyclic amines) is 1. The van der Waals surface area contributed by atoms with Crippen LogP contribution in [-0.2, 0) is 4.79 Å². The van der Waals surface area contributed by atoms with Crippen molar-refractivity contribution in [3.8, 4) is 0 Å². The highest BCUT2D eigenvalue weighted by atomic mass is 16.4. The van der Waals surface area contributed by atoms with Crippen LogP contribution >= 0.6 is 0 Å². The number of carbonyl (C=O) groups is 2. The molecule has 0 saturated carbocycles. The van der Waals surface area contributed by atoms with Crippen molar-refractivity contribution in [2.24, 2.45) is 11.3 Å². The van der Waals surface area contributed by atoms with Crippen molar-refractivity contribution in [2.75, 3.05) is 13.1 Å². The second kappa shape index (κ2) is 5.77. The number of rotatable bonds is 3.